The Morgan fingerprint density at radius 1 is 1.42 bits per heavy atom. The topological polar surface area (TPSA) is 26.0 Å². The van der Waals surface area contributed by atoms with Crippen LogP contribution in [0.15, 0.2) is 18.2 Å². The molecule has 1 aliphatic carbocycles. The van der Waals surface area contributed by atoms with E-state index in [2.05, 4.69) is 25.1 Å². The molecule has 1 fully saturated rings. The van der Waals surface area contributed by atoms with E-state index in [1.165, 1.54) is 30.4 Å². The van der Waals surface area contributed by atoms with Crippen molar-refractivity contribution in [3.63, 3.8) is 0 Å². The summed E-state index contributed by atoms with van der Waals surface area (Å²) in [6.45, 7) is 2.08. The molecule has 64 valence electrons. The van der Waals surface area contributed by atoms with Gasteiger partial charge in [0.05, 0.1) is 0 Å². The van der Waals surface area contributed by atoms with Gasteiger partial charge in [0.15, 0.2) is 0 Å². The minimum Gasteiger partial charge on any atom is -0.398 e. The Bertz CT molecular complexity index is 287. The Labute approximate surface area is 73.6 Å². The molecular formula is C11H15N. The molecule has 0 bridgehead atoms. The van der Waals surface area contributed by atoms with Gasteiger partial charge in [-0.05, 0) is 43.2 Å². The molecule has 1 aromatic rings. The van der Waals surface area contributed by atoms with Crippen molar-refractivity contribution in [3.05, 3.63) is 29.3 Å². The Balaban J connectivity index is 2.23. The van der Waals surface area contributed by atoms with Crippen molar-refractivity contribution in [2.75, 3.05) is 5.73 Å². The monoisotopic (exact) mass is 161 g/mol. The molecule has 12 heavy (non-hydrogen) atoms. The molecule has 0 aromatic heterocycles. The first-order valence-electron chi connectivity index (χ1n) is 4.61. The zero-order valence-corrected chi connectivity index (χ0v) is 7.51. The number of nitrogens with two attached hydrogens (primary N) is 1. The van der Waals surface area contributed by atoms with Gasteiger partial charge in [0.25, 0.3) is 0 Å². The van der Waals surface area contributed by atoms with Crippen molar-refractivity contribution < 1.29 is 0 Å². The quantitative estimate of drug-likeness (QED) is 0.663. The van der Waals surface area contributed by atoms with Crippen LogP contribution in [0, 0.1) is 12.8 Å². The van der Waals surface area contributed by atoms with E-state index in [1.54, 1.807) is 0 Å². The van der Waals surface area contributed by atoms with Crippen LogP contribution in [-0.2, 0) is 6.42 Å². The predicted octanol–water partition coefficient (Wildman–Crippen LogP) is 2.53. The lowest BCUT2D eigenvalue weighted by molar-refractivity contribution is 0.834. The van der Waals surface area contributed by atoms with Crippen molar-refractivity contribution in [1.29, 1.82) is 0 Å². The highest BCUT2D eigenvalue weighted by molar-refractivity contribution is 5.53. The molecule has 1 aromatic carbocycles. The Hall–Kier alpha value is -0.980. The van der Waals surface area contributed by atoms with Crippen LogP contribution in [0.25, 0.3) is 0 Å². The van der Waals surface area contributed by atoms with Crippen LogP contribution >= 0.6 is 0 Å². The first-order chi connectivity index (χ1) is 5.77. The molecule has 0 atom stereocenters. The van der Waals surface area contributed by atoms with Gasteiger partial charge in [-0.25, -0.2) is 0 Å². The summed E-state index contributed by atoms with van der Waals surface area (Å²) in [7, 11) is 0. The summed E-state index contributed by atoms with van der Waals surface area (Å²) in [4.78, 5) is 0. The molecule has 0 amide bonds. The van der Waals surface area contributed by atoms with E-state index >= 15 is 0 Å². The van der Waals surface area contributed by atoms with Crippen LogP contribution in [0.3, 0.4) is 0 Å². The van der Waals surface area contributed by atoms with Crippen LogP contribution in [0.5, 0.6) is 0 Å². The van der Waals surface area contributed by atoms with Gasteiger partial charge >= 0.3 is 0 Å². The molecular weight excluding hydrogens is 146 g/mol. The Kier molecular flexibility index (Phi) is 1.80. The normalized spacial score (nSPS) is 16.4. The largest absolute Gasteiger partial charge is 0.398 e. The number of hydrogen-bond acceptors (Lipinski definition) is 1. The number of rotatable bonds is 2. The molecule has 0 radical (unpaired) electrons. The average molecular weight is 161 g/mol. The van der Waals surface area contributed by atoms with Crippen LogP contribution in [0.2, 0.25) is 0 Å². The van der Waals surface area contributed by atoms with Gasteiger partial charge in [-0.15, -0.1) is 0 Å². The summed E-state index contributed by atoms with van der Waals surface area (Å²) >= 11 is 0. The summed E-state index contributed by atoms with van der Waals surface area (Å²) in [6.07, 6.45) is 3.98. The summed E-state index contributed by atoms with van der Waals surface area (Å²) in [5, 5.41) is 0. The smallest absolute Gasteiger partial charge is 0.0376 e. The fourth-order valence-electron chi connectivity index (χ4n) is 1.55. The fourth-order valence-corrected chi connectivity index (χ4v) is 1.55. The lowest BCUT2D eigenvalue weighted by Crippen LogP contribution is -1.97. The fraction of sp³-hybridized carbons (Fsp3) is 0.455. The third-order valence-corrected chi connectivity index (χ3v) is 2.62. The van der Waals surface area contributed by atoms with Gasteiger partial charge in [0.1, 0.15) is 0 Å². The van der Waals surface area contributed by atoms with Crippen molar-refractivity contribution in [1.82, 2.24) is 0 Å². The molecule has 1 aliphatic rings. The van der Waals surface area contributed by atoms with E-state index < -0.39 is 0 Å². The van der Waals surface area contributed by atoms with E-state index in [9.17, 15) is 0 Å². The van der Waals surface area contributed by atoms with Gasteiger partial charge < -0.3 is 5.73 Å². The minimum absolute atomic E-state index is 0.925. The summed E-state index contributed by atoms with van der Waals surface area (Å²) < 4.78 is 0. The third kappa shape index (κ3) is 1.45. The second-order valence-corrected chi connectivity index (χ2v) is 3.80. The van der Waals surface area contributed by atoms with E-state index in [1.807, 2.05) is 0 Å². The molecule has 0 spiro atoms. The van der Waals surface area contributed by atoms with Crippen LogP contribution in [-0.4, -0.2) is 0 Å². The molecule has 0 saturated heterocycles. The van der Waals surface area contributed by atoms with E-state index in [0.29, 0.717) is 0 Å². The van der Waals surface area contributed by atoms with Crippen molar-refractivity contribution in [2.45, 2.75) is 26.2 Å². The number of hydrogen-bond donors (Lipinski definition) is 1. The zero-order chi connectivity index (χ0) is 8.55. The molecule has 1 nitrogen and oxygen atoms in total. The molecule has 0 heterocycles. The molecule has 0 aliphatic heterocycles. The number of anilines is 1. The number of para-hydroxylation sites is 1. The Morgan fingerprint density at radius 2 is 2.17 bits per heavy atom. The second kappa shape index (κ2) is 2.81. The second-order valence-electron chi connectivity index (χ2n) is 3.80. The molecule has 0 unspecified atom stereocenters. The van der Waals surface area contributed by atoms with Gasteiger partial charge in [0, 0.05) is 5.69 Å². The molecule has 1 heteroatoms. The van der Waals surface area contributed by atoms with E-state index in [0.717, 1.165) is 11.6 Å². The minimum atomic E-state index is 0.925. The summed E-state index contributed by atoms with van der Waals surface area (Å²) in [5.41, 5.74) is 9.52. The number of benzene rings is 1. The predicted molar refractivity (Wildman–Crippen MR) is 52.0 cm³/mol. The standard InChI is InChI=1S/C11H15N/c1-8-3-2-4-10(11(8)12)7-9-5-6-9/h2-4,9H,5-7,12H2,1H3. The van der Waals surface area contributed by atoms with E-state index in [4.69, 9.17) is 5.73 Å². The molecule has 1 saturated carbocycles. The maximum Gasteiger partial charge on any atom is 0.0376 e. The van der Waals surface area contributed by atoms with Crippen molar-refractivity contribution in [3.8, 4) is 0 Å². The highest BCUT2D eigenvalue weighted by Gasteiger charge is 2.22. The lowest BCUT2D eigenvalue weighted by Gasteiger charge is -2.06. The first-order valence-corrected chi connectivity index (χ1v) is 4.61. The maximum atomic E-state index is 5.96. The van der Waals surface area contributed by atoms with Crippen molar-refractivity contribution in [2.24, 2.45) is 5.92 Å². The molecule has 2 rings (SSSR count). The number of aryl methyl sites for hydroxylation is 1. The Morgan fingerprint density at radius 3 is 2.83 bits per heavy atom. The third-order valence-electron chi connectivity index (χ3n) is 2.62. The van der Waals surface area contributed by atoms with Crippen LogP contribution in [0.1, 0.15) is 24.0 Å². The van der Waals surface area contributed by atoms with Crippen molar-refractivity contribution >= 4 is 5.69 Å². The first kappa shape index (κ1) is 7.66. The highest BCUT2D eigenvalue weighted by Crippen LogP contribution is 2.34. The van der Waals surface area contributed by atoms with Gasteiger partial charge in [-0.3, -0.25) is 0 Å². The lowest BCUT2D eigenvalue weighted by atomic mass is 10.0. The zero-order valence-electron chi connectivity index (χ0n) is 7.51. The molecule has 2 N–H and O–H groups in total. The van der Waals surface area contributed by atoms with Gasteiger partial charge in [-0.1, -0.05) is 18.2 Å². The van der Waals surface area contributed by atoms with E-state index in [-0.39, 0.29) is 0 Å². The maximum absolute atomic E-state index is 5.96. The SMILES string of the molecule is Cc1cccc(CC2CC2)c1N. The van der Waals surface area contributed by atoms with Crippen LogP contribution < -0.4 is 5.73 Å². The van der Waals surface area contributed by atoms with Gasteiger partial charge in [-0.2, -0.15) is 0 Å². The summed E-state index contributed by atoms with van der Waals surface area (Å²) in [5.74, 6) is 0.925. The number of nitrogen functional groups attached to an aromatic ring is 1. The average Bonchev–Trinajstić information content (AvgIpc) is 2.83. The van der Waals surface area contributed by atoms with Crippen LogP contribution in [0.4, 0.5) is 5.69 Å². The highest BCUT2D eigenvalue weighted by atomic mass is 14.6. The summed E-state index contributed by atoms with van der Waals surface area (Å²) in [6, 6.07) is 6.33. The van der Waals surface area contributed by atoms with Gasteiger partial charge in [0.2, 0.25) is 0 Å².